The van der Waals surface area contributed by atoms with E-state index in [-0.39, 0.29) is 0 Å². The molecule has 1 aromatic carbocycles. The first-order valence-electron chi connectivity index (χ1n) is 6.01. The van der Waals surface area contributed by atoms with Crippen LogP contribution >= 0.6 is 27.5 Å². The lowest BCUT2D eigenvalue weighted by atomic mass is 10.2. The van der Waals surface area contributed by atoms with Gasteiger partial charge in [-0.05, 0) is 40.2 Å². The minimum absolute atomic E-state index is 0.675. The topological polar surface area (TPSA) is 25.4 Å². The third-order valence-electron chi connectivity index (χ3n) is 3.04. The molecule has 98 valence electrons. The van der Waals surface area contributed by atoms with Crippen LogP contribution in [0.3, 0.4) is 0 Å². The molecule has 0 fully saturated rings. The molecule has 0 unspecified atom stereocenters. The van der Waals surface area contributed by atoms with Gasteiger partial charge in [-0.25, -0.2) is 0 Å². The molecule has 0 bridgehead atoms. The number of hydrogen-bond acceptors (Lipinski definition) is 3. The van der Waals surface area contributed by atoms with Crippen LogP contribution < -0.4 is 9.64 Å². The van der Waals surface area contributed by atoms with Crippen molar-refractivity contribution in [1.29, 1.82) is 0 Å². The molecular formula is C14H12BrClN2O. The van der Waals surface area contributed by atoms with Gasteiger partial charge in [0.15, 0.2) is 0 Å². The Morgan fingerprint density at radius 1 is 1.37 bits per heavy atom. The molecule has 3 nitrogen and oxygen atoms in total. The van der Waals surface area contributed by atoms with E-state index < -0.39 is 0 Å². The maximum Gasteiger partial charge on any atom is 0.143 e. The fourth-order valence-electron chi connectivity index (χ4n) is 2.12. The number of anilines is 1. The maximum atomic E-state index is 6.17. The van der Waals surface area contributed by atoms with Gasteiger partial charge in [-0.15, -0.1) is 0 Å². The first-order chi connectivity index (χ1) is 9.24. The molecule has 0 spiro atoms. The van der Waals surface area contributed by atoms with Crippen molar-refractivity contribution in [3.05, 3.63) is 51.7 Å². The van der Waals surface area contributed by atoms with Gasteiger partial charge < -0.3 is 9.64 Å². The molecule has 0 aliphatic carbocycles. The molecule has 19 heavy (non-hydrogen) atoms. The zero-order chi connectivity index (χ0) is 13.2. The van der Waals surface area contributed by atoms with Crippen LogP contribution in [0.5, 0.6) is 5.75 Å². The summed E-state index contributed by atoms with van der Waals surface area (Å²) in [5.74, 6) is 0.860. The van der Waals surface area contributed by atoms with Gasteiger partial charge in [0.1, 0.15) is 12.4 Å². The van der Waals surface area contributed by atoms with Gasteiger partial charge in [0, 0.05) is 10.7 Å². The van der Waals surface area contributed by atoms with E-state index in [1.165, 1.54) is 0 Å². The van der Waals surface area contributed by atoms with Crippen LogP contribution in [-0.4, -0.2) is 18.1 Å². The Morgan fingerprint density at radius 3 is 3.05 bits per heavy atom. The number of fused-ring (bicyclic) bond motifs is 1. The van der Waals surface area contributed by atoms with Gasteiger partial charge in [0.05, 0.1) is 29.5 Å². The minimum atomic E-state index is 0.675. The van der Waals surface area contributed by atoms with Crippen molar-refractivity contribution < 1.29 is 4.74 Å². The Hall–Kier alpha value is -1.26. The Bertz CT molecular complexity index is 591. The van der Waals surface area contributed by atoms with E-state index >= 15 is 0 Å². The molecule has 1 aliphatic rings. The minimum Gasteiger partial charge on any atom is -0.490 e. The summed E-state index contributed by atoms with van der Waals surface area (Å²) in [6.07, 6.45) is 1.81. The van der Waals surface area contributed by atoms with E-state index in [0.717, 1.165) is 34.7 Å². The normalized spacial score (nSPS) is 13.9. The highest BCUT2D eigenvalue weighted by atomic mass is 79.9. The van der Waals surface area contributed by atoms with Crippen LogP contribution in [0.1, 0.15) is 5.69 Å². The molecule has 2 aromatic rings. The first-order valence-corrected chi connectivity index (χ1v) is 7.18. The largest absolute Gasteiger partial charge is 0.490 e. The quantitative estimate of drug-likeness (QED) is 0.830. The molecule has 0 N–H and O–H groups in total. The van der Waals surface area contributed by atoms with Crippen molar-refractivity contribution in [2.24, 2.45) is 0 Å². The second-order valence-corrected chi connectivity index (χ2v) is 5.59. The first kappa shape index (κ1) is 12.8. The average Bonchev–Trinajstić information content (AvgIpc) is 2.42. The lowest BCUT2D eigenvalue weighted by molar-refractivity contribution is 0.306. The Kier molecular flexibility index (Phi) is 3.62. The summed E-state index contributed by atoms with van der Waals surface area (Å²) in [5.41, 5.74) is 2.06. The predicted octanol–water partition coefficient (Wildman–Crippen LogP) is 3.90. The standard InChI is InChI=1S/C14H12BrClN2O/c15-11-7-14-13(8-12(11)16)18(5-6-19-14)9-10-3-1-2-4-17-10/h1-4,7-8H,5-6,9H2. The lowest BCUT2D eigenvalue weighted by Crippen LogP contribution is -2.32. The number of nitrogens with zero attached hydrogens (tertiary/aromatic N) is 2. The van der Waals surface area contributed by atoms with Gasteiger partial charge in [-0.3, -0.25) is 4.98 Å². The van der Waals surface area contributed by atoms with Crippen molar-refractivity contribution in [2.75, 3.05) is 18.1 Å². The van der Waals surface area contributed by atoms with Gasteiger partial charge >= 0.3 is 0 Å². The van der Waals surface area contributed by atoms with Gasteiger partial charge in [0.25, 0.3) is 0 Å². The summed E-state index contributed by atoms with van der Waals surface area (Å²) >= 11 is 9.59. The summed E-state index contributed by atoms with van der Waals surface area (Å²) < 4.78 is 6.53. The second-order valence-electron chi connectivity index (χ2n) is 4.33. The molecule has 1 aromatic heterocycles. The molecule has 3 rings (SSSR count). The molecule has 1 aliphatic heterocycles. The number of hydrogen-bond donors (Lipinski definition) is 0. The fraction of sp³-hybridized carbons (Fsp3) is 0.214. The highest BCUT2D eigenvalue weighted by Gasteiger charge is 2.20. The van der Waals surface area contributed by atoms with Gasteiger partial charge in [0.2, 0.25) is 0 Å². The lowest BCUT2D eigenvalue weighted by Gasteiger charge is -2.31. The molecule has 2 heterocycles. The molecule has 0 radical (unpaired) electrons. The zero-order valence-corrected chi connectivity index (χ0v) is 12.5. The molecule has 0 saturated carbocycles. The molecule has 0 saturated heterocycles. The SMILES string of the molecule is Clc1cc2c(cc1Br)OCCN2Cc1ccccn1. The van der Waals surface area contributed by atoms with E-state index in [1.807, 2.05) is 36.5 Å². The molecule has 0 amide bonds. The summed E-state index contributed by atoms with van der Waals surface area (Å²) in [7, 11) is 0. The van der Waals surface area contributed by atoms with Gasteiger partial charge in [-0.1, -0.05) is 17.7 Å². The Morgan fingerprint density at radius 2 is 2.26 bits per heavy atom. The van der Waals surface area contributed by atoms with Crippen LogP contribution in [0, 0.1) is 0 Å². The van der Waals surface area contributed by atoms with E-state index in [1.54, 1.807) is 0 Å². The van der Waals surface area contributed by atoms with Crippen LogP contribution in [0.15, 0.2) is 41.0 Å². The predicted molar refractivity (Wildman–Crippen MR) is 79.9 cm³/mol. The van der Waals surface area contributed by atoms with Crippen molar-refractivity contribution >= 4 is 33.2 Å². The summed E-state index contributed by atoms with van der Waals surface area (Å²) in [4.78, 5) is 6.60. The van der Waals surface area contributed by atoms with E-state index in [4.69, 9.17) is 16.3 Å². The highest BCUT2D eigenvalue weighted by Crippen LogP contribution is 2.38. The number of ether oxygens (including phenoxy) is 1. The third-order valence-corrected chi connectivity index (χ3v) is 4.24. The van der Waals surface area contributed by atoms with Crippen LogP contribution in [-0.2, 0) is 6.54 Å². The van der Waals surface area contributed by atoms with Crippen molar-refractivity contribution in [2.45, 2.75) is 6.54 Å². The van der Waals surface area contributed by atoms with Crippen molar-refractivity contribution in [3.8, 4) is 5.75 Å². The summed E-state index contributed by atoms with van der Waals surface area (Å²) in [6.45, 7) is 2.27. The zero-order valence-electron chi connectivity index (χ0n) is 10.1. The highest BCUT2D eigenvalue weighted by molar-refractivity contribution is 9.10. The van der Waals surface area contributed by atoms with Crippen LogP contribution in [0.25, 0.3) is 0 Å². The maximum absolute atomic E-state index is 6.17. The summed E-state index contributed by atoms with van der Waals surface area (Å²) in [5, 5.41) is 0.690. The van der Waals surface area contributed by atoms with E-state index in [9.17, 15) is 0 Å². The van der Waals surface area contributed by atoms with Gasteiger partial charge in [-0.2, -0.15) is 0 Å². The number of rotatable bonds is 2. The Balaban J connectivity index is 1.92. The number of benzene rings is 1. The van der Waals surface area contributed by atoms with Crippen LogP contribution in [0.2, 0.25) is 5.02 Å². The summed E-state index contributed by atoms with van der Waals surface area (Å²) in [6, 6.07) is 9.80. The number of aromatic nitrogens is 1. The van der Waals surface area contributed by atoms with Crippen molar-refractivity contribution in [3.63, 3.8) is 0 Å². The monoisotopic (exact) mass is 338 g/mol. The second kappa shape index (κ2) is 5.39. The fourth-order valence-corrected chi connectivity index (χ4v) is 2.60. The molecule has 0 atom stereocenters. The van der Waals surface area contributed by atoms with Crippen molar-refractivity contribution in [1.82, 2.24) is 4.98 Å². The third kappa shape index (κ3) is 2.69. The van der Waals surface area contributed by atoms with Crippen LogP contribution in [0.4, 0.5) is 5.69 Å². The number of halogens is 2. The molecule has 5 heteroatoms. The smallest absolute Gasteiger partial charge is 0.143 e. The molecular weight excluding hydrogens is 328 g/mol. The average molecular weight is 340 g/mol. The van der Waals surface area contributed by atoms with E-state index in [0.29, 0.717) is 11.6 Å². The Labute approximate surface area is 125 Å². The van der Waals surface area contributed by atoms with E-state index in [2.05, 4.69) is 25.8 Å². The number of pyridine rings is 1.